The first-order valence-electron chi connectivity index (χ1n) is 8.70. The molecule has 0 saturated carbocycles. The van der Waals surface area contributed by atoms with Crippen molar-refractivity contribution in [1.29, 1.82) is 0 Å². The SMILES string of the molecule is COc1cc(/C=N/c2ccc(O)cc2)ccc1OC(=O)C=Cc1cccc(Br)c1. The zero-order valence-electron chi connectivity index (χ0n) is 15.6. The Kier molecular flexibility index (Phi) is 6.81. The number of phenols is 1. The maximum absolute atomic E-state index is 12.1. The molecule has 0 heterocycles. The molecule has 0 amide bonds. The lowest BCUT2D eigenvalue weighted by Gasteiger charge is -2.08. The number of methoxy groups -OCH3 is 1. The molecular weight excluding hydrogens is 434 g/mol. The molecule has 0 saturated heterocycles. The Morgan fingerprint density at radius 1 is 1.00 bits per heavy atom. The van der Waals surface area contributed by atoms with Crippen LogP contribution in [0.4, 0.5) is 5.69 Å². The van der Waals surface area contributed by atoms with Crippen molar-refractivity contribution in [2.45, 2.75) is 0 Å². The number of benzene rings is 3. The molecular formula is C23H18BrNO4. The van der Waals surface area contributed by atoms with Crippen LogP contribution in [0.2, 0.25) is 0 Å². The molecule has 0 atom stereocenters. The van der Waals surface area contributed by atoms with Crippen molar-refractivity contribution in [2.24, 2.45) is 4.99 Å². The Bertz CT molecular complexity index is 1060. The number of esters is 1. The minimum Gasteiger partial charge on any atom is -0.508 e. The number of carbonyl (C=O) groups excluding carboxylic acids is 1. The van der Waals surface area contributed by atoms with E-state index in [1.165, 1.54) is 13.2 Å². The molecule has 1 N–H and O–H groups in total. The van der Waals surface area contributed by atoms with Crippen LogP contribution in [0.3, 0.4) is 0 Å². The molecule has 0 spiro atoms. The summed E-state index contributed by atoms with van der Waals surface area (Å²) in [6, 6.07) is 19.3. The van der Waals surface area contributed by atoms with Crippen molar-refractivity contribution in [3.05, 3.63) is 88.4 Å². The summed E-state index contributed by atoms with van der Waals surface area (Å²) in [5, 5.41) is 9.31. The molecule has 0 fully saturated rings. The average molecular weight is 452 g/mol. The number of aliphatic imine (C=N–C) groups is 1. The third-order valence-electron chi connectivity index (χ3n) is 3.87. The summed E-state index contributed by atoms with van der Waals surface area (Å²) < 4.78 is 11.6. The van der Waals surface area contributed by atoms with Crippen LogP contribution in [0.1, 0.15) is 11.1 Å². The van der Waals surface area contributed by atoms with E-state index >= 15 is 0 Å². The monoisotopic (exact) mass is 451 g/mol. The molecule has 146 valence electrons. The summed E-state index contributed by atoms with van der Waals surface area (Å²) in [5.41, 5.74) is 2.36. The van der Waals surface area contributed by atoms with E-state index in [1.54, 1.807) is 54.8 Å². The fourth-order valence-electron chi connectivity index (χ4n) is 2.45. The number of halogens is 1. The van der Waals surface area contributed by atoms with E-state index in [4.69, 9.17) is 9.47 Å². The second-order valence-corrected chi connectivity index (χ2v) is 6.91. The highest BCUT2D eigenvalue weighted by atomic mass is 79.9. The van der Waals surface area contributed by atoms with Crippen molar-refractivity contribution >= 4 is 39.9 Å². The molecule has 29 heavy (non-hydrogen) atoms. The van der Waals surface area contributed by atoms with E-state index < -0.39 is 5.97 Å². The molecule has 3 aromatic carbocycles. The number of phenolic OH excluding ortho intramolecular Hbond substituents is 1. The summed E-state index contributed by atoms with van der Waals surface area (Å²) in [4.78, 5) is 16.5. The first-order chi connectivity index (χ1) is 14.0. The molecule has 0 aliphatic carbocycles. The maximum Gasteiger partial charge on any atom is 0.336 e. The van der Waals surface area contributed by atoms with Gasteiger partial charge in [-0.3, -0.25) is 4.99 Å². The van der Waals surface area contributed by atoms with E-state index in [0.717, 1.165) is 15.6 Å². The molecule has 0 radical (unpaired) electrons. The highest BCUT2D eigenvalue weighted by Crippen LogP contribution is 2.28. The molecule has 6 heteroatoms. The molecule has 0 bridgehead atoms. The summed E-state index contributed by atoms with van der Waals surface area (Å²) in [7, 11) is 1.50. The fraction of sp³-hybridized carbons (Fsp3) is 0.0435. The summed E-state index contributed by atoms with van der Waals surface area (Å²) >= 11 is 3.39. The number of aromatic hydroxyl groups is 1. The van der Waals surface area contributed by atoms with Gasteiger partial charge in [-0.2, -0.15) is 0 Å². The predicted octanol–water partition coefficient (Wildman–Crippen LogP) is 5.53. The van der Waals surface area contributed by atoms with E-state index in [2.05, 4.69) is 20.9 Å². The molecule has 0 aliphatic rings. The summed E-state index contributed by atoms with van der Waals surface area (Å²) in [6.07, 6.45) is 4.70. The van der Waals surface area contributed by atoms with Crippen LogP contribution in [-0.2, 0) is 4.79 Å². The van der Waals surface area contributed by atoms with Crippen molar-refractivity contribution < 1.29 is 19.4 Å². The highest BCUT2D eigenvalue weighted by molar-refractivity contribution is 9.10. The van der Waals surface area contributed by atoms with E-state index in [-0.39, 0.29) is 5.75 Å². The Labute approximate surface area is 177 Å². The zero-order valence-corrected chi connectivity index (χ0v) is 17.2. The minimum atomic E-state index is -0.506. The smallest absolute Gasteiger partial charge is 0.336 e. The summed E-state index contributed by atoms with van der Waals surface area (Å²) in [6.45, 7) is 0. The number of rotatable bonds is 6. The first kappa shape index (κ1) is 20.4. The van der Waals surface area contributed by atoms with Gasteiger partial charge in [-0.1, -0.05) is 28.1 Å². The quantitative estimate of drug-likeness (QED) is 0.231. The van der Waals surface area contributed by atoms with Crippen molar-refractivity contribution in [2.75, 3.05) is 7.11 Å². The van der Waals surface area contributed by atoms with Crippen molar-refractivity contribution in [3.63, 3.8) is 0 Å². The number of nitrogens with zero attached hydrogens (tertiary/aromatic N) is 1. The van der Waals surface area contributed by atoms with Gasteiger partial charge in [0.2, 0.25) is 0 Å². The fourth-order valence-corrected chi connectivity index (χ4v) is 2.87. The van der Waals surface area contributed by atoms with E-state index in [0.29, 0.717) is 17.2 Å². The number of carbonyl (C=O) groups is 1. The van der Waals surface area contributed by atoms with Gasteiger partial charge < -0.3 is 14.6 Å². The first-order valence-corrected chi connectivity index (χ1v) is 9.49. The van der Waals surface area contributed by atoms with Crippen LogP contribution in [0.15, 0.2) is 82.3 Å². The van der Waals surface area contributed by atoms with Crippen LogP contribution < -0.4 is 9.47 Å². The van der Waals surface area contributed by atoms with Gasteiger partial charge in [-0.15, -0.1) is 0 Å². The topological polar surface area (TPSA) is 68.1 Å². The summed E-state index contributed by atoms with van der Waals surface area (Å²) in [5.74, 6) is 0.418. The van der Waals surface area contributed by atoms with E-state index in [9.17, 15) is 9.90 Å². The molecule has 0 aromatic heterocycles. The van der Waals surface area contributed by atoms with Gasteiger partial charge in [0.25, 0.3) is 0 Å². The van der Waals surface area contributed by atoms with Crippen LogP contribution >= 0.6 is 15.9 Å². The normalized spacial score (nSPS) is 11.1. The van der Waals surface area contributed by atoms with Gasteiger partial charge in [0.15, 0.2) is 11.5 Å². The standard InChI is InChI=1S/C23H18BrNO4/c1-28-22-14-17(15-25-19-7-9-20(26)10-8-19)5-11-21(22)29-23(27)12-6-16-3-2-4-18(24)13-16/h2-15,26H,1H3/b12-6?,25-15+. The highest BCUT2D eigenvalue weighted by Gasteiger charge is 2.08. The lowest BCUT2D eigenvalue weighted by atomic mass is 10.2. The Balaban J connectivity index is 1.69. The lowest BCUT2D eigenvalue weighted by Crippen LogP contribution is -2.05. The Morgan fingerprint density at radius 3 is 2.52 bits per heavy atom. The van der Waals surface area contributed by atoms with Gasteiger partial charge >= 0.3 is 5.97 Å². The van der Waals surface area contributed by atoms with Gasteiger partial charge in [0.05, 0.1) is 12.8 Å². The average Bonchev–Trinajstić information content (AvgIpc) is 2.72. The van der Waals surface area contributed by atoms with Crippen LogP contribution in [0.5, 0.6) is 17.2 Å². The van der Waals surface area contributed by atoms with Gasteiger partial charge in [0, 0.05) is 16.8 Å². The minimum absolute atomic E-state index is 0.186. The number of hydrogen-bond acceptors (Lipinski definition) is 5. The Morgan fingerprint density at radius 2 is 1.79 bits per heavy atom. The van der Waals surface area contributed by atoms with E-state index in [1.807, 2.05) is 24.3 Å². The largest absolute Gasteiger partial charge is 0.508 e. The molecule has 5 nitrogen and oxygen atoms in total. The van der Waals surface area contributed by atoms with Crippen molar-refractivity contribution in [3.8, 4) is 17.2 Å². The Hall–Kier alpha value is -3.38. The zero-order chi connectivity index (χ0) is 20.6. The molecule has 0 aliphatic heterocycles. The molecule has 0 unspecified atom stereocenters. The third-order valence-corrected chi connectivity index (χ3v) is 4.36. The second-order valence-electron chi connectivity index (χ2n) is 5.99. The van der Waals surface area contributed by atoms with Gasteiger partial charge in [-0.25, -0.2) is 4.79 Å². The number of ether oxygens (including phenoxy) is 2. The second kappa shape index (κ2) is 9.71. The maximum atomic E-state index is 12.1. The van der Waals surface area contributed by atoms with Crippen LogP contribution in [-0.4, -0.2) is 24.4 Å². The predicted molar refractivity (Wildman–Crippen MR) is 117 cm³/mol. The number of hydrogen-bond donors (Lipinski definition) is 1. The lowest BCUT2D eigenvalue weighted by molar-refractivity contribution is -0.129. The van der Waals surface area contributed by atoms with Crippen molar-refractivity contribution in [1.82, 2.24) is 0 Å². The van der Waals surface area contributed by atoms with Crippen LogP contribution in [0, 0.1) is 0 Å². The van der Waals surface area contributed by atoms with Gasteiger partial charge in [-0.05, 0) is 71.8 Å². The third kappa shape index (κ3) is 6.05. The molecule has 3 aromatic rings. The molecule has 3 rings (SSSR count). The van der Waals surface area contributed by atoms with Gasteiger partial charge in [0.1, 0.15) is 5.75 Å². The van der Waals surface area contributed by atoms with Crippen LogP contribution in [0.25, 0.3) is 6.08 Å².